The number of hydrogen-bond acceptors (Lipinski definition) is 6. The maximum Gasteiger partial charge on any atom is 0.335 e. The van der Waals surface area contributed by atoms with Crippen molar-refractivity contribution in [3.63, 3.8) is 0 Å². The number of benzene rings is 1. The van der Waals surface area contributed by atoms with E-state index in [1.165, 1.54) is 30.6 Å². The number of halogens is 1. The summed E-state index contributed by atoms with van der Waals surface area (Å²) in [7, 11) is -4.20. The van der Waals surface area contributed by atoms with Gasteiger partial charge in [0.05, 0.1) is 11.2 Å². The van der Waals surface area contributed by atoms with Crippen molar-refractivity contribution in [2.75, 3.05) is 0 Å². The van der Waals surface area contributed by atoms with Gasteiger partial charge >= 0.3 is 6.03 Å². The van der Waals surface area contributed by atoms with E-state index in [1.807, 2.05) is 5.32 Å². The molecule has 0 aliphatic carbocycles. The minimum atomic E-state index is -4.20. The first-order valence-electron chi connectivity index (χ1n) is 5.79. The maximum absolute atomic E-state index is 12.0. The van der Waals surface area contributed by atoms with Gasteiger partial charge < -0.3 is 0 Å². The Morgan fingerprint density at radius 2 is 1.86 bits per heavy atom. The second kappa shape index (κ2) is 6.50. The number of carbonyl (C=O) groups is 2. The van der Waals surface area contributed by atoms with Crippen LogP contribution in [0.5, 0.6) is 0 Å². The molecule has 0 bridgehead atoms. The van der Waals surface area contributed by atoms with Crippen molar-refractivity contribution in [1.82, 2.24) is 20.0 Å². The number of nitrogens with one attached hydrogen (secondary N) is 2. The van der Waals surface area contributed by atoms with Gasteiger partial charge in [-0.25, -0.2) is 22.9 Å². The average Bonchev–Trinajstić information content (AvgIpc) is 2.47. The second-order valence-electron chi connectivity index (χ2n) is 3.91. The van der Waals surface area contributed by atoms with E-state index in [9.17, 15) is 18.0 Å². The largest absolute Gasteiger partial charge is 0.335 e. The number of amides is 3. The van der Waals surface area contributed by atoms with Gasteiger partial charge in [-0.1, -0.05) is 23.7 Å². The van der Waals surface area contributed by atoms with Crippen molar-refractivity contribution >= 4 is 33.6 Å². The van der Waals surface area contributed by atoms with Crippen LogP contribution in [0.2, 0.25) is 5.02 Å². The van der Waals surface area contributed by atoms with Crippen LogP contribution >= 0.6 is 11.6 Å². The lowest BCUT2D eigenvalue weighted by Crippen LogP contribution is -2.42. The van der Waals surface area contributed by atoms with E-state index in [4.69, 9.17) is 11.6 Å². The molecule has 0 saturated carbocycles. The fraction of sp³-hybridized carbons (Fsp3) is 0. The summed E-state index contributed by atoms with van der Waals surface area (Å²) >= 11 is 5.76. The molecule has 0 fully saturated rings. The topological polar surface area (TPSA) is 118 Å². The molecule has 8 nitrogen and oxygen atoms in total. The van der Waals surface area contributed by atoms with E-state index in [0.29, 0.717) is 0 Å². The van der Waals surface area contributed by atoms with Gasteiger partial charge in [0.15, 0.2) is 0 Å². The summed E-state index contributed by atoms with van der Waals surface area (Å²) in [4.78, 5) is 30.3. The molecule has 0 radical (unpaired) electrons. The van der Waals surface area contributed by atoms with Crippen LogP contribution in [-0.2, 0) is 10.0 Å². The van der Waals surface area contributed by atoms with Crippen molar-refractivity contribution in [1.29, 1.82) is 0 Å². The van der Waals surface area contributed by atoms with Gasteiger partial charge in [-0.15, -0.1) is 0 Å². The summed E-state index contributed by atoms with van der Waals surface area (Å²) in [5.74, 6) is -0.889. The third kappa shape index (κ3) is 3.77. The van der Waals surface area contributed by atoms with Crippen LogP contribution in [0.25, 0.3) is 0 Å². The monoisotopic (exact) mass is 340 g/mol. The Balaban J connectivity index is 2.09. The molecule has 1 aromatic carbocycles. The first-order chi connectivity index (χ1) is 10.4. The van der Waals surface area contributed by atoms with Gasteiger partial charge in [-0.05, 0) is 12.1 Å². The molecule has 1 heterocycles. The highest BCUT2D eigenvalue weighted by molar-refractivity contribution is 7.90. The SMILES string of the molecule is O=C(NC(=O)c1cnccn1)NS(=O)(=O)c1ccccc1Cl. The van der Waals surface area contributed by atoms with Crippen molar-refractivity contribution in [3.05, 3.63) is 53.6 Å². The number of hydrogen-bond donors (Lipinski definition) is 2. The zero-order chi connectivity index (χ0) is 16.2. The molecule has 114 valence electrons. The summed E-state index contributed by atoms with van der Waals surface area (Å²) in [5.41, 5.74) is -0.132. The lowest BCUT2D eigenvalue weighted by atomic mass is 10.4. The Kier molecular flexibility index (Phi) is 4.68. The number of aromatic nitrogens is 2. The highest BCUT2D eigenvalue weighted by Crippen LogP contribution is 2.19. The van der Waals surface area contributed by atoms with Crippen molar-refractivity contribution < 1.29 is 18.0 Å². The maximum atomic E-state index is 12.0. The smallest absolute Gasteiger partial charge is 0.272 e. The summed E-state index contributed by atoms with van der Waals surface area (Å²) in [6, 6.07) is 4.35. The van der Waals surface area contributed by atoms with E-state index in [1.54, 1.807) is 10.8 Å². The molecule has 0 saturated heterocycles. The highest BCUT2D eigenvalue weighted by atomic mass is 35.5. The molecule has 0 atom stereocenters. The van der Waals surface area contributed by atoms with Crippen LogP contribution in [0.1, 0.15) is 10.5 Å². The van der Waals surface area contributed by atoms with Crippen LogP contribution in [0, 0.1) is 0 Å². The molecule has 2 rings (SSSR count). The van der Waals surface area contributed by atoms with Gasteiger partial charge in [0.2, 0.25) is 0 Å². The van der Waals surface area contributed by atoms with E-state index >= 15 is 0 Å². The lowest BCUT2D eigenvalue weighted by Gasteiger charge is -2.08. The standard InChI is InChI=1S/C12H9ClN4O4S/c13-8-3-1-2-4-10(8)22(20,21)17-12(19)16-11(18)9-7-14-5-6-15-9/h1-7H,(H2,16,17,18,19). The third-order valence-corrected chi connectivity index (χ3v) is 4.21. The Labute approximate surface area is 130 Å². The number of urea groups is 1. The first kappa shape index (κ1) is 15.9. The molecule has 0 unspecified atom stereocenters. The van der Waals surface area contributed by atoms with Gasteiger partial charge in [0.1, 0.15) is 10.6 Å². The molecular weight excluding hydrogens is 332 g/mol. The average molecular weight is 341 g/mol. The van der Waals surface area contributed by atoms with Gasteiger partial charge in [0.25, 0.3) is 15.9 Å². The number of nitrogens with zero attached hydrogens (tertiary/aromatic N) is 2. The molecule has 22 heavy (non-hydrogen) atoms. The summed E-state index contributed by atoms with van der Waals surface area (Å²) < 4.78 is 25.7. The van der Waals surface area contributed by atoms with E-state index in [2.05, 4.69) is 9.97 Å². The van der Waals surface area contributed by atoms with Crippen LogP contribution in [-0.4, -0.2) is 30.3 Å². The van der Waals surface area contributed by atoms with E-state index in [0.717, 1.165) is 6.20 Å². The van der Waals surface area contributed by atoms with Crippen LogP contribution in [0.15, 0.2) is 47.8 Å². The quantitative estimate of drug-likeness (QED) is 0.859. The zero-order valence-electron chi connectivity index (χ0n) is 10.9. The second-order valence-corrected chi connectivity index (χ2v) is 5.97. The highest BCUT2D eigenvalue weighted by Gasteiger charge is 2.22. The van der Waals surface area contributed by atoms with E-state index in [-0.39, 0.29) is 15.6 Å². The summed E-state index contributed by atoms with van der Waals surface area (Å²) in [5, 5.41) is 1.78. The molecule has 1 aromatic heterocycles. The van der Waals surface area contributed by atoms with Crippen molar-refractivity contribution in [2.24, 2.45) is 0 Å². The molecule has 2 aromatic rings. The molecule has 2 N–H and O–H groups in total. The van der Waals surface area contributed by atoms with Gasteiger partial charge in [-0.2, -0.15) is 0 Å². The third-order valence-electron chi connectivity index (χ3n) is 2.38. The Bertz CT molecular complexity index is 811. The Hall–Kier alpha value is -2.52. The minimum absolute atomic E-state index is 0.0527. The molecule has 10 heteroatoms. The Morgan fingerprint density at radius 3 is 2.50 bits per heavy atom. The fourth-order valence-corrected chi connectivity index (χ4v) is 2.88. The lowest BCUT2D eigenvalue weighted by molar-refractivity contribution is 0.0960. The molecule has 0 aliphatic rings. The number of sulfonamides is 1. The molecular formula is C12H9ClN4O4S. The number of rotatable bonds is 3. The van der Waals surface area contributed by atoms with Crippen LogP contribution < -0.4 is 10.0 Å². The molecule has 0 spiro atoms. The van der Waals surface area contributed by atoms with Crippen LogP contribution in [0.3, 0.4) is 0 Å². The number of carbonyl (C=O) groups excluding carboxylic acids is 2. The number of imide groups is 1. The Morgan fingerprint density at radius 1 is 1.14 bits per heavy atom. The first-order valence-corrected chi connectivity index (χ1v) is 7.65. The van der Waals surface area contributed by atoms with Gasteiger partial charge in [0, 0.05) is 12.4 Å². The van der Waals surface area contributed by atoms with Gasteiger partial charge in [-0.3, -0.25) is 15.1 Å². The molecule has 3 amide bonds. The normalized spacial score (nSPS) is 10.8. The van der Waals surface area contributed by atoms with Crippen molar-refractivity contribution in [2.45, 2.75) is 4.90 Å². The fourth-order valence-electron chi connectivity index (χ4n) is 1.45. The van der Waals surface area contributed by atoms with Crippen LogP contribution in [0.4, 0.5) is 4.79 Å². The van der Waals surface area contributed by atoms with Crippen molar-refractivity contribution in [3.8, 4) is 0 Å². The summed E-state index contributed by atoms with van der Waals surface area (Å²) in [6.45, 7) is 0. The zero-order valence-corrected chi connectivity index (χ0v) is 12.4. The predicted octanol–water partition coefficient (Wildman–Crippen LogP) is 0.958. The predicted molar refractivity (Wildman–Crippen MR) is 76.7 cm³/mol. The van der Waals surface area contributed by atoms with E-state index < -0.39 is 22.0 Å². The summed E-state index contributed by atoms with van der Waals surface area (Å²) in [6.07, 6.45) is 3.73. The molecule has 0 aliphatic heterocycles. The minimum Gasteiger partial charge on any atom is -0.272 e.